The molecular formula is C29H43N7O3. The highest BCUT2D eigenvalue weighted by Crippen LogP contribution is 2.19. The van der Waals surface area contributed by atoms with E-state index in [9.17, 15) is 9.59 Å². The Hall–Kier alpha value is -3.24. The summed E-state index contributed by atoms with van der Waals surface area (Å²) in [5, 5.41) is 19.5. The first-order valence-electron chi connectivity index (χ1n) is 14.3. The van der Waals surface area contributed by atoms with Gasteiger partial charge in [-0.05, 0) is 50.4 Å². The van der Waals surface area contributed by atoms with Gasteiger partial charge in [0.2, 0.25) is 11.9 Å². The minimum atomic E-state index is -1.09. The SMILES string of the molecule is Cc1cc(N2CCN(C(=O)CC(=O)O)CC2)nc(NCc2ccc(CNCCCNC3CCCCC3)cc2)n1. The van der Waals surface area contributed by atoms with E-state index in [0.29, 0.717) is 38.7 Å². The molecule has 1 aromatic heterocycles. The van der Waals surface area contributed by atoms with Crippen molar-refractivity contribution >= 4 is 23.6 Å². The molecule has 2 aromatic rings. The number of nitrogens with zero attached hydrogens (tertiary/aromatic N) is 4. The highest BCUT2D eigenvalue weighted by molar-refractivity contribution is 5.93. The van der Waals surface area contributed by atoms with Crippen LogP contribution in [0.3, 0.4) is 0 Å². The first kappa shape index (κ1) is 28.8. The standard InChI is InChI=1S/C29H43N7O3/c1-22-18-26(35-14-16-36(17-15-35)27(37)19-28(38)39)34-29(33-22)32-21-24-10-8-23(9-11-24)20-30-12-5-13-31-25-6-3-2-4-7-25/h8-11,18,25,30-31H,2-7,12-17,19-21H2,1H3,(H,38,39)(H,32,33,34). The molecule has 212 valence electrons. The van der Waals surface area contributed by atoms with E-state index >= 15 is 0 Å². The number of carboxylic acids is 1. The maximum Gasteiger partial charge on any atom is 0.312 e. The van der Waals surface area contributed by atoms with E-state index in [4.69, 9.17) is 10.1 Å². The Bertz CT molecular complexity index is 1070. The summed E-state index contributed by atoms with van der Waals surface area (Å²) in [7, 11) is 0. The van der Waals surface area contributed by atoms with Gasteiger partial charge in [-0.15, -0.1) is 0 Å². The zero-order valence-electron chi connectivity index (χ0n) is 23.1. The molecule has 2 aliphatic rings. The molecule has 10 heteroatoms. The number of hydrogen-bond acceptors (Lipinski definition) is 8. The predicted octanol–water partition coefficient (Wildman–Crippen LogP) is 2.92. The molecule has 0 radical (unpaired) electrons. The van der Waals surface area contributed by atoms with Gasteiger partial charge in [-0.25, -0.2) is 4.98 Å². The molecule has 0 unspecified atom stereocenters. The molecule has 1 aliphatic heterocycles. The van der Waals surface area contributed by atoms with Crippen LogP contribution in [0.5, 0.6) is 0 Å². The van der Waals surface area contributed by atoms with Crippen LogP contribution in [0.25, 0.3) is 0 Å². The van der Waals surface area contributed by atoms with Gasteiger partial charge in [0.1, 0.15) is 12.2 Å². The van der Waals surface area contributed by atoms with E-state index in [-0.39, 0.29) is 5.91 Å². The van der Waals surface area contributed by atoms with Crippen molar-refractivity contribution in [1.29, 1.82) is 0 Å². The lowest BCUT2D eigenvalue weighted by Crippen LogP contribution is -2.49. The molecule has 4 rings (SSSR count). The fourth-order valence-electron chi connectivity index (χ4n) is 5.23. The summed E-state index contributed by atoms with van der Waals surface area (Å²) < 4.78 is 0. The molecule has 1 saturated carbocycles. The second-order valence-electron chi connectivity index (χ2n) is 10.6. The van der Waals surface area contributed by atoms with Crippen LogP contribution in [0.15, 0.2) is 30.3 Å². The molecule has 1 aromatic carbocycles. The van der Waals surface area contributed by atoms with Crippen molar-refractivity contribution in [2.75, 3.05) is 49.5 Å². The summed E-state index contributed by atoms with van der Waals surface area (Å²) in [4.78, 5) is 35.8. The fraction of sp³-hybridized carbons (Fsp3) is 0.586. The van der Waals surface area contributed by atoms with Crippen molar-refractivity contribution in [1.82, 2.24) is 25.5 Å². The molecule has 2 fully saturated rings. The Morgan fingerprint density at radius 2 is 1.64 bits per heavy atom. The minimum Gasteiger partial charge on any atom is -0.481 e. The van der Waals surface area contributed by atoms with Crippen LogP contribution in [0.1, 0.15) is 61.8 Å². The van der Waals surface area contributed by atoms with E-state index in [1.54, 1.807) is 4.90 Å². The number of anilines is 2. The Kier molecular flexibility index (Phi) is 10.9. The zero-order chi connectivity index (χ0) is 27.5. The molecule has 0 bridgehead atoms. The number of rotatable bonds is 13. The van der Waals surface area contributed by atoms with Crippen molar-refractivity contribution in [3.05, 3.63) is 47.2 Å². The highest BCUT2D eigenvalue weighted by Gasteiger charge is 2.23. The second-order valence-corrected chi connectivity index (χ2v) is 10.6. The Morgan fingerprint density at radius 3 is 2.33 bits per heavy atom. The summed E-state index contributed by atoms with van der Waals surface area (Å²) in [5.41, 5.74) is 3.30. The van der Waals surface area contributed by atoms with Crippen LogP contribution in [0, 0.1) is 6.92 Å². The van der Waals surface area contributed by atoms with E-state index in [2.05, 4.69) is 50.1 Å². The van der Waals surface area contributed by atoms with Gasteiger partial charge in [0.05, 0.1) is 0 Å². The molecule has 0 atom stereocenters. The van der Waals surface area contributed by atoms with Crippen molar-refractivity contribution in [2.24, 2.45) is 0 Å². The number of carboxylic acid groups (broad SMARTS) is 1. The Morgan fingerprint density at radius 1 is 0.949 bits per heavy atom. The van der Waals surface area contributed by atoms with E-state index in [1.165, 1.54) is 37.7 Å². The molecule has 1 aliphatic carbocycles. The lowest BCUT2D eigenvalue weighted by molar-refractivity contribution is -0.144. The second kappa shape index (κ2) is 14.8. The molecule has 39 heavy (non-hydrogen) atoms. The highest BCUT2D eigenvalue weighted by atomic mass is 16.4. The average Bonchev–Trinajstić information content (AvgIpc) is 2.94. The number of nitrogens with one attached hydrogen (secondary N) is 3. The fourth-order valence-corrected chi connectivity index (χ4v) is 5.23. The summed E-state index contributed by atoms with van der Waals surface area (Å²) in [6.45, 7) is 7.72. The molecule has 2 heterocycles. The van der Waals surface area contributed by atoms with Gasteiger partial charge < -0.3 is 30.9 Å². The summed E-state index contributed by atoms with van der Waals surface area (Å²) in [6.07, 6.45) is 7.51. The van der Waals surface area contributed by atoms with E-state index in [0.717, 1.165) is 49.2 Å². The van der Waals surface area contributed by atoms with Crippen LogP contribution < -0.4 is 20.9 Å². The van der Waals surface area contributed by atoms with Crippen LogP contribution in [0.2, 0.25) is 0 Å². The number of benzene rings is 1. The van der Waals surface area contributed by atoms with Gasteiger partial charge in [-0.1, -0.05) is 43.5 Å². The van der Waals surface area contributed by atoms with E-state index in [1.807, 2.05) is 13.0 Å². The number of aryl methyl sites for hydroxylation is 1. The van der Waals surface area contributed by atoms with Crippen LogP contribution in [-0.4, -0.2) is 77.2 Å². The maximum absolute atomic E-state index is 12.0. The van der Waals surface area contributed by atoms with Crippen LogP contribution in [0.4, 0.5) is 11.8 Å². The largest absolute Gasteiger partial charge is 0.481 e. The third kappa shape index (κ3) is 9.47. The zero-order valence-corrected chi connectivity index (χ0v) is 23.1. The number of amides is 1. The summed E-state index contributed by atoms with van der Waals surface area (Å²) >= 11 is 0. The van der Waals surface area contributed by atoms with Gasteiger partial charge in [-0.2, -0.15) is 4.98 Å². The molecule has 1 saturated heterocycles. The Balaban J connectivity index is 1.17. The van der Waals surface area contributed by atoms with Crippen molar-refractivity contribution < 1.29 is 14.7 Å². The molecule has 1 amide bonds. The topological polar surface area (TPSA) is 123 Å². The number of aliphatic carboxylic acids is 1. The lowest BCUT2D eigenvalue weighted by atomic mass is 9.95. The number of hydrogen-bond donors (Lipinski definition) is 4. The molecule has 10 nitrogen and oxygen atoms in total. The number of carbonyl (C=O) groups excluding carboxylic acids is 1. The van der Waals surface area contributed by atoms with Crippen molar-refractivity contribution in [3.8, 4) is 0 Å². The monoisotopic (exact) mass is 537 g/mol. The van der Waals surface area contributed by atoms with E-state index < -0.39 is 12.4 Å². The molecule has 0 spiro atoms. The van der Waals surface area contributed by atoms with Gasteiger partial charge in [0.25, 0.3) is 0 Å². The van der Waals surface area contributed by atoms with Gasteiger partial charge in [-0.3, -0.25) is 9.59 Å². The molecular weight excluding hydrogens is 494 g/mol. The predicted molar refractivity (Wildman–Crippen MR) is 153 cm³/mol. The maximum atomic E-state index is 12.0. The first-order chi connectivity index (χ1) is 19.0. The number of carbonyl (C=O) groups is 2. The van der Waals surface area contributed by atoms with Gasteiger partial charge in [0, 0.05) is 57.1 Å². The normalized spacial score (nSPS) is 16.3. The van der Waals surface area contributed by atoms with Crippen molar-refractivity contribution in [3.63, 3.8) is 0 Å². The quantitative estimate of drug-likeness (QED) is 0.226. The lowest BCUT2D eigenvalue weighted by Gasteiger charge is -2.35. The number of piperazine rings is 1. The minimum absolute atomic E-state index is 0.340. The summed E-state index contributed by atoms with van der Waals surface area (Å²) in [6, 6.07) is 11.3. The third-order valence-electron chi connectivity index (χ3n) is 7.47. The Labute approximate surface area is 231 Å². The van der Waals surface area contributed by atoms with Crippen LogP contribution >= 0.6 is 0 Å². The smallest absolute Gasteiger partial charge is 0.312 e. The summed E-state index contributed by atoms with van der Waals surface area (Å²) in [5.74, 6) is -0.0520. The third-order valence-corrected chi connectivity index (χ3v) is 7.47. The number of aromatic nitrogens is 2. The van der Waals surface area contributed by atoms with Crippen LogP contribution in [-0.2, 0) is 22.7 Å². The van der Waals surface area contributed by atoms with Gasteiger partial charge in [0.15, 0.2) is 0 Å². The average molecular weight is 538 g/mol. The van der Waals surface area contributed by atoms with Gasteiger partial charge >= 0.3 is 5.97 Å². The first-order valence-corrected chi connectivity index (χ1v) is 14.3. The van der Waals surface area contributed by atoms with Crippen molar-refractivity contribution in [2.45, 2.75) is 71.0 Å². The molecule has 4 N–H and O–H groups in total.